The number of benzene rings is 5. The number of aromatic nitrogens is 2. The minimum Gasteiger partial charge on any atom is -0.370 e. The Morgan fingerprint density at radius 2 is 1.34 bits per heavy atom. The summed E-state index contributed by atoms with van der Waals surface area (Å²) in [4.78, 5) is 5.33. The predicted molar refractivity (Wildman–Crippen MR) is 158 cm³/mol. The summed E-state index contributed by atoms with van der Waals surface area (Å²) in [5.74, 6) is 0.982. The first-order valence-corrected chi connectivity index (χ1v) is 13.0. The highest BCUT2D eigenvalue weighted by atomic mass is 15.2. The van der Waals surface area contributed by atoms with Crippen LogP contribution in [0.2, 0.25) is 0 Å². The van der Waals surface area contributed by atoms with E-state index >= 15 is 0 Å². The average Bonchev–Trinajstić information content (AvgIpc) is 3.53. The molecule has 0 fully saturated rings. The van der Waals surface area contributed by atoms with Crippen LogP contribution in [-0.2, 0) is 0 Å². The lowest BCUT2D eigenvalue weighted by Gasteiger charge is -2.29. The first kappa shape index (κ1) is 20.0. The number of para-hydroxylation sites is 3. The molecule has 4 heterocycles. The molecular formula is C34H22N4. The normalized spacial score (nSPS) is 15.5. The van der Waals surface area contributed by atoms with Crippen LogP contribution in [0.3, 0.4) is 0 Å². The van der Waals surface area contributed by atoms with Gasteiger partial charge in [0.05, 0.1) is 33.4 Å². The number of hydrogen-bond acceptors (Lipinski definition) is 2. The van der Waals surface area contributed by atoms with Crippen molar-refractivity contribution in [2.24, 2.45) is 4.99 Å². The van der Waals surface area contributed by atoms with Gasteiger partial charge in [-0.2, -0.15) is 0 Å². The maximum absolute atomic E-state index is 5.33. The predicted octanol–water partition coefficient (Wildman–Crippen LogP) is 8.54. The van der Waals surface area contributed by atoms with E-state index in [2.05, 4.69) is 136 Å². The van der Waals surface area contributed by atoms with Crippen molar-refractivity contribution in [1.82, 2.24) is 8.97 Å². The summed E-state index contributed by atoms with van der Waals surface area (Å²) in [5, 5.41) is 10.1. The molecule has 8 aromatic rings. The smallest absolute Gasteiger partial charge is 0.141 e. The number of nitrogens with one attached hydrogen (secondary N) is 1. The van der Waals surface area contributed by atoms with E-state index in [1.807, 2.05) is 0 Å². The highest BCUT2D eigenvalue weighted by Gasteiger charge is 2.29. The molecule has 1 atom stereocenters. The maximum Gasteiger partial charge on any atom is 0.141 e. The Balaban J connectivity index is 1.49. The molecule has 0 amide bonds. The molecule has 0 saturated heterocycles. The highest BCUT2D eigenvalue weighted by Crippen LogP contribution is 2.43. The fraction of sp³-hybridized carbons (Fsp3) is 0.0294. The van der Waals surface area contributed by atoms with Crippen LogP contribution in [0.25, 0.3) is 49.0 Å². The molecule has 38 heavy (non-hydrogen) atoms. The lowest BCUT2D eigenvalue weighted by atomic mass is 10.0. The zero-order valence-corrected chi connectivity index (χ0v) is 20.5. The third kappa shape index (κ3) is 2.51. The van der Waals surface area contributed by atoms with Crippen molar-refractivity contribution in [1.29, 1.82) is 0 Å². The van der Waals surface area contributed by atoms with E-state index in [1.54, 1.807) is 0 Å². The lowest BCUT2D eigenvalue weighted by molar-refractivity contribution is 0.962. The van der Waals surface area contributed by atoms with Gasteiger partial charge in [-0.05, 0) is 47.3 Å². The number of hydrogen-bond donors (Lipinski definition) is 1. The maximum atomic E-state index is 5.33. The second-order valence-corrected chi connectivity index (χ2v) is 10.1. The first-order chi connectivity index (χ1) is 18.9. The summed E-state index contributed by atoms with van der Waals surface area (Å²) >= 11 is 0. The van der Waals surface area contributed by atoms with E-state index in [4.69, 9.17) is 4.99 Å². The Labute approximate surface area is 218 Å². The van der Waals surface area contributed by atoms with Gasteiger partial charge in [-0.1, -0.05) is 78.9 Å². The van der Waals surface area contributed by atoms with Crippen LogP contribution in [0.1, 0.15) is 11.6 Å². The second kappa shape index (κ2) is 7.24. The van der Waals surface area contributed by atoms with E-state index in [-0.39, 0.29) is 6.04 Å². The van der Waals surface area contributed by atoms with Crippen molar-refractivity contribution in [3.05, 3.63) is 127 Å². The van der Waals surface area contributed by atoms with Crippen LogP contribution in [-0.4, -0.2) is 14.8 Å². The van der Waals surface area contributed by atoms with E-state index in [0.717, 1.165) is 17.2 Å². The van der Waals surface area contributed by atoms with Crippen LogP contribution in [0, 0.1) is 0 Å². The summed E-state index contributed by atoms with van der Waals surface area (Å²) in [7, 11) is 0. The van der Waals surface area contributed by atoms with Gasteiger partial charge in [-0.25, -0.2) is 4.99 Å². The molecule has 1 aliphatic heterocycles. The number of rotatable bonds is 1. The van der Waals surface area contributed by atoms with Crippen LogP contribution in [0.15, 0.2) is 126 Å². The standard InChI is InChI=1S/C34H22N4/c1-2-9-21(10-3-1)32-34(36-26-15-5-4-14-25(26)35-32)38-28-17-7-12-23-24-13-6-11-22-19-20-37(33(22)24)27-16-8-18-29(38)31(27)30(23)28/h1-20,32,35H. The molecule has 0 bridgehead atoms. The van der Waals surface area contributed by atoms with Crippen molar-refractivity contribution < 1.29 is 0 Å². The van der Waals surface area contributed by atoms with Crippen LogP contribution in [0.4, 0.5) is 11.4 Å². The summed E-state index contributed by atoms with van der Waals surface area (Å²) in [6.07, 6.45) is 2.21. The molecule has 3 aromatic heterocycles. The Kier molecular flexibility index (Phi) is 3.81. The van der Waals surface area contributed by atoms with Gasteiger partial charge < -0.3 is 9.72 Å². The molecule has 178 valence electrons. The van der Waals surface area contributed by atoms with Gasteiger partial charge in [-0.3, -0.25) is 4.57 Å². The summed E-state index contributed by atoms with van der Waals surface area (Å²) in [5.41, 5.74) is 8.02. The molecule has 1 aliphatic rings. The number of aliphatic imine (C=N–C) groups is 1. The molecule has 1 unspecified atom stereocenters. The molecule has 0 spiro atoms. The van der Waals surface area contributed by atoms with Crippen molar-refractivity contribution in [2.45, 2.75) is 6.04 Å². The summed E-state index contributed by atoms with van der Waals surface area (Å²) in [6.45, 7) is 0. The number of anilines is 1. The molecule has 1 N–H and O–H groups in total. The Bertz CT molecular complexity index is 2190. The van der Waals surface area contributed by atoms with Gasteiger partial charge in [-0.15, -0.1) is 0 Å². The number of nitrogens with zero attached hydrogens (tertiary/aromatic N) is 3. The molecule has 4 heteroatoms. The second-order valence-electron chi connectivity index (χ2n) is 10.1. The zero-order chi connectivity index (χ0) is 24.8. The fourth-order valence-corrected chi connectivity index (χ4v) is 6.53. The van der Waals surface area contributed by atoms with Crippen LogP contribution in [0.5, 0.6) is 0 Å². The van der Waals surface area contributed by atoms with E-state index in [1.165, 1.54) is 54.6 Å². The van der Waals surface area contributed by atoms with Crippen LogP contribution >= 0.6 is 0 Å². The van der Waals surface area contributed by atoms with Crippen molar-refractivity contribution in [2.75, 3.05) is 5.32 Å². The summed E-state index contributed by atoms with van der Waals surface area (Å²) < 4.78 is 4.74. The molecular weight excluding hydrogens is 464 g/mol. The van der Waals surface area contributed by atoms with Gasteiger partial charge in [0.2, 0.25) is 0 Å². The SMILES string of the molecule is c1ccc(C2Nc3ccccc3N=C2n2c3cccc4c5cccc6ccn(c7cccc2c7c43)c65)cc1. The van der Waals surface area contributed by atoms with E-state index in [9.17, 15) is 0 Å². The number of fused-ring (bicyclic) bond motifs is 3. The van der Waals surface area contributed by atoms with Crippen molar-refractivity contribution >= 4 is 66.2 Å². The van der Waals surface area contributed by atoms with Crippen molar-refractivity contribution in [3.63, 3.8) is 0 Å². The van der Waals surface area contributed by atoms with Gasteiger partial charge in [0, 0.05) is 27.7 Å². The van der Waals surface area contributed by atoms with E-state index in [0.29, 0.717) is 0 Å². The summed E-state index contributed by atoms with van der Waals surface area (Å²) in [6, 6.07) is 41.1. The van der Waals surface area contributed by atoms with Gasteiger partial charge >= 0.3 is 0 Å². The Morgan fingerprint density at radius 1 is 0.605 bits per heavy atom. The van der Waals surface area contributed by atoms with Gasteiger partial charge in [0.25, 0.3) is 0 Å². The average molecular weight is 487 g/mol. The van der Waals surface area contributed by atoms with Gasteiger partial charge in [0.15, 0.2) is 0 Å². The topological polar surface area (TPSA) is 33.7 Å². The molecule has 9 rings (SSSR count). The molecule has 0 radical (unpaired) electrons. The fourth-order valence-electron chi connectivity index (χ4n) is 6.53. The Hall–Kier alpha value is -5.09. The third-order valence-electron chi connectivity index (χ3n) is 8.11. The Morgan fingerprint density at radius 3 is 2.26 bits per heavy atom. The monoisotopic (exact) mass is 486 g/mol. The zero-order valence-electron chi connectivity index (χ0n) is 20.5. The minimum absolute atomic E-state index is 0.0919. The van der Waals surface area contributed by atoms with Gasteiger partial charge in [0.1, 0.15) is 11.9 Å². The minimum atomic E-state index is -0.0919. The highest BCUT2D eigenvalue weighted by molar-refractivity contribution is 6.30. The third-order valence-corrected chi connectivity index (χ3v) is 8.11. The van der Waals surface area contributed by atoms with E-state index < -0.39 is 0 Å². The largest absolute Gasteiger partial charge is 0.370 e. The first-order valence-electron chi connectivity index (χ1n) is 13.0. The van der Waals surface area contributed by atoms with Crippen molar-refractivity contribution in [3.8, 4) is 0 Å². The quantitative estimate of drug-likeness (QED) is 0.248. The lowest BCUT2D eigenvalue weighted by Crippen LogP contribution is -2.29. The molecule has 0 aliphatic carbocycles. The van der Waals surface area contributed by atoms with Crippen LogP contribution < -0.4 is 5.32 Å². The molecule has 0 saturated carbocycles. The molecule has 4 nitrogen and oxygen atoms in total. The molecule has 5 aromatic carbocycles.